The van der Waals surface area contributed by atoms with Crippen LogP contribution in [-0.4, -0.2) is 28.1 Å². The Morgan fingerprint density at radius 1 is 1.30 bits per heavy atom. The van der Waals surface area contributed by atoms with Gasteiger partial charge in [0, 0.05) is 38.4 Å². The third-order valence-corrected chi connectivity index (χ3v) is 4.58. The Morgan fingerprint density at radius 2 is 2.19 bits per heavy atom. The van der Waals surface area contributed by atoms with Crippen LogP contribution in [0.1, 0.15) is 28.8 Å². The second-order valence-corrected chi connectivity index (χ2v) is 6.54. The van der Waals surface area contributed by atoms with E-state index in [9.17, 15) is 9.59 Å². The number of hydrogen-bond donors (Lipinski definition) is 1. The molecule has 0 unspecified atom stereocenters. The number of benzene rings is 1. The van der Waals surface area contributed by atoms with Gasteiger partial charge in [-0.3, -0.25) is 14.3 Å². The zero-order valence-electron chi connectivity index (χ0n) is 15.0. The molecule has 27 heavy (non-hydrogen) atoms. The summed E-state index contributed by atoms with van der Waals surface area (Å²) in [5, 5.41) is 7.24. The van der Waals surface area contributed by atoms with Gasteiger partial charge >= 0.3 is 0 Å². The molecule has 1 saturated heterocycles. The summed E-state index contributed by atoms with van der Waals surface area (Å²) in [5.74, 6) is 0.474. The van der Waals surface area contributed by atoms with Crippen LogP contribution in [0.2, 0.25) is 0 Å². The maximum atomic E-state index is 12.7. The van der Waals surface area contributed by atoms with Crippen LogP contribution in [-0.2, 0) is 18.4 Å². The zero-order chi connectivity index (χ0) is 18.8. The zero-order valence-corrected chi connectivity index (χ0v) is 15.0. The number of amides is 2. The smallest absolute Gasteiger partial charge is 0.255 e. The highest BCUT2D eigenvalue weighted by Gasteiger charge is 2.22. The van der Waals surface area contributed by atoms with Crippen molar-refractivity contribution in [3.8, 4) is 11.5 Å². The molecule has 1 aliphatic heterocycles. The molecule has 138 valence electrons. The number of furan rings is 1. The Kier molecular flexibility index (Phi) is 4.50. The molecular formula is C20H20N4O3. The van der Waals surface area contributed by atoms with Gasteiger partial charge in [-0.1, -0.05) is 12.1 Å². The Balaban J connectivity index is 1.48. The topological polar surface area (TPSA) is 80.4 Å². The van der Waals surface area contributed by atoms with Gasteiger partial charge in [0.05, 0.1) is 11.8 Å². The third kappa shape index (κ3) is 3.48. The lowest BCUT2D eigenvalue weighted by molar-refractivity contribution is -0.117. The molecule has 0 aliphatic carbocycles. The Bertz CT molecular complexity index is 975. The van der Waals surface area contributed by atoms with Crippen LogP contribution in [0.15, 0.2) is 53.3 Å². The summed E-state index contributed by atoms with van der Waals surface area (Å²) in [6.07, 6.45) is 4.71. The molecule has 1 N–H and O–H groups in total. The van der Waals surface area contributed by atoms with E-state index in [2.05, 4.69) is 10.4 Å². The molecule has 0 saturated carbocycles. The molecule has 4 rings (SSSR count). The van der Waals surface area contributed by atoms with E-state index in [0.29, 0.717) is 30.0 Å². The first kappa shape index (κ1) is 17.1. The molecular weight excluding hydrogens is 344 g/mol. The highest BCUT2D eigenvalue weighted by molar-refractivity contribution is 5.99. The van der Waals surface area contributed by atoms with E-state index in [1.54, 1.807) is 41.2 Å². The first-order valence-corrected chi connectivity index (χ1v) is 8.87. The molecule has 1 aromatic carbocycles. The van der Waals surface area contributed by atoms with Crippen LogP contribution in [0.5, 0.6) is 0 Å². The molecule has 1 aliphatic rings. The highest BCUT2D eigenvalue weighted by Crippen LogP contribution is 2.24. The maximum absolute atomic E-state index is 12.7. The van der Waals surface area contributed by atoms with Crippen molar-refractivity contribution in [3.63, 3.8) is 0 Å². The maximum Gasteiger partial charge on any atom is 0.255 e. The van der Waals surface area contributed by atoms with E-state index >= 15 is 0 Å². The molecule has 0 spiro atoms. The van der Waals surface area contributed by atoms with E-state index < -0.39 is 0 Å². The molecule has 1 fully saturated rings. The quantitative estimate of drug-likeness (QED) is 0.755. The third-order valence-electron chi connectivity index (χ3n) is 4.58. The van der Waals surface area contributed by atoms with Crippen molar-refractivity contribution in [2.24, 2.45) is 7.05 Å². The first-order chi connectivity index (χ1) is 13.1. The molecule has 0 bridgehead atoms. The highest BCUT2D eigenvalue weighted by atomic mass is 16.3. The van der Waals surface area contributed by atoms with E-state index in [0.717, 1.165) is 24.2 Å². The van der Waals surface area contributed by atoms with Gasteiger partial charge in [-0.25, -0.2) is 0 Å². The summed E-state index contributed by atoms with van der Waals surface area (Å²) in [6.45, 7) is 1.11. The first-order valence-electron chi connectivity index (χ1n) is 8.87. The summed E-state index contributed by atoms with van der Waals surface area (Å²) < 4.78 is 6.97. The van der Waals surface area contributed by atoms with E-state index in [1.807, 2.05) is 24.3 Å². The summed E-state index contributed by atoms with van der Waals surface area (Å²) >= 11 is 0. The van der Waals surface area contributed by atoms with Crippen LogP contribution < -0.4 is 10.2 Å². The fourth-order valence-corrected chi connectivity index (χ4v) is 3.28. The van der Waals surface area contributed by atoms with E-state index in [1.165, 1.54) is 0 Å². The predicted molar refractivity (Wildman–Crippen MR) is 100 cm³/mol. The molecule has 3 heterocycles. The van der Waals surface area contributed by atoms with Gasteiger partial charge in [-0.2, -0.15) is 5.10 Å². The summed E-state index contributed by atoms with van der Waals surface area (Å²) in [4.78, 5) is 26.4. The van der Waals surface area contributed by atoms with Crippen LogP contribution in [0, 0.1) is 0 Å². The van der Waals surface area contributed by atoms with Crippen molar-refractivity contribution in [2.45, 2.75) is 19.4 Å². The number of nitrogens with one attached hydrogen (secondary N) is 1. The summed E-state index contributed by atoms with van der Waals surface area (Å²) in [5.41, 5.74) is 2.78. The van der Waals surface area contributed by atoms with Gasteiger partial charge in [-0.05, 0) is 36.2 Å². The minimum absolute atomic E-state index is 0.148. The second-order valence-electron chi connectivity index (χ2n) is 6.54. The molecule has 2 aromatic heterocycles. The second kappa shape index (κ2) is 7.11. The summed E-state index contributed by atoms with van der Waals surface area (Å²) in [7, 11) is 1.76. The van der Waals surface area contributed by atoms with Crippen molar-refractivity contribution >= 4 is 17.5 Å². The van der Waals surface area contributed by atoms with Gasteiger partial charge in [-0.15, -0.1) is 0 Å². The summed E-state index contributed by atoms with van der Waals surface area (Å²) in [6, 6.07) is 11.2. The molecule has 0 radical (unpaired) electrons. The van der Waals surface area contributed by atoms with Crippen molar-refractivity contribution in [3.05, 3.63) is 60.0 Å². The Labute approximate surface area is 156 Å². The molecule has 3 aromatic rings. The number of rotatable bonds is 5. The van der Waals surface area contributed by atoms with Gasteiger partial charge in [0.15, 0.2) is 5.76 Å². The van der Waals surface area contributed by atoms with E-state index in [4.69, 9.17) is 4.42 Å². The van der Waals surface area contributed by atoms with Crippen LogP contribution in [0.3, 0.4) is 0 Å². The molecule has 0 atom stereocenters. The Morgan fingerprint density at radius 3 is 2.93 bits per heavy atom. The van der Waals surface area contributed by atoms with Crippen LogP contribution >= 0.6 is 0 Å². The number of carbonyl (C=O) groups is 2. The SMILES string of the molecule is Cn1cc(C(=O)NCc2cccc(N3CCCC3=O)c2)c(-c2ccco2)n1. The number of aryl methyl sites for hydroxylation is 1. The monoisotopic (exact) mass is 364 g/mol. The average molecular weight is 364 g/mol. The number of anilines is 1. The molecule has 7 heteroatoms. The van der Waals surface area contributed by atoms with Crippen molar-refractivity contribution in [1.29, 1.82) is 0 Å². The largest absolute Gasteiger partial charge is 0.463 e. The molecule has 7 nitrogen and oxygen atoms in total. The predicted octanol–water partition coefficient (Wildman–Crippen LogP) is 2.74. The average Bonchev–Trinajstić information content (AvgIpc) is 3.40. The lowest BCUT2D eigenvalue weighted by atomic mass is 10.1. The number of hydrogen-bond acceptors (Lipinski definition) is 4. The Hall–Kier alpha value is -3.35. The van der Waals surface area contributed by atoms with Crippen LogP contribution in [0.4, 0.5) is 5.69 Å². The normalized spacial score (nSPS) is 14.0. The number of aromatic nitrogens is 2. The minimum atomic E-state index is -0.225. The standard InChI is InChI=1S/C20H20N4O3/c1-23-13-16(19(22-23)17-7-4-10-27-17)20(26)21-12-14-5-2-6-15(11-14)24-9-3-8-18(24)25/h2,4-7,10-11,13H,3,8-9,12H2,1H3,(H,21,26). The minimum Gasteiger partial charge on any atom is -0.463 e. The molecule has 2 amide bonds. The lowest BCUT2D eigenvalue weighted by Gasteiger charge is -2.16. The lowest BCUT2D eigenvalue weighted by Crippen LogP contribution is -2.25. The fraction of sp³-hybridized carbons (Fsp3) is 0.250. The van der Waals surface area contributed by atoms with Gasteiger partial charge in [0.1, 0.15) is 5.69 Å². The van der Waals surface area contributed by atoms with Crippen molar-refractivity contribution < 1.29 is 14.0 Å². The van der Waals surface area contributed by atoms with Gasteiger partial charge in [0.2, 0.25) is 5.91 Å². The van der Waals surface area contributed by atoms with Gasteiger partial charge < -0.3 is 14.6 Å². The van der Waals surface area contributed by atoms with E-state index in [-0.39, 0.29) is 11.8 Å². The van der Waals surface area contributed by atoms with Gasteiger partial charge in [0.25, 0.3) is 5.91 Å². The van der Waals surface area contributed by atoms with Crippen molar-refractivity contribution in [2.75, 3.05) is 11.4 Å². The number of carbonyl (C=O) groups excluding carboxylic acids is 2. The van der Waals surface area contributed by atoms with Crippen LogP contribution in [0.25, 0.3) is 11.5 Å². The fourth-order valence-electron chi connectivity index (χ4n) is 3.28. The number of nitrogens with zero attached hydrogens (tertiary/aromatic N) is 3. The van der Waals surface area contributed by atoms with Crippen molar-refractivity contribution in [1.82, 2.24) is 15.1 Å².